The summed E-state index contributed by atoms with van der Waals surface area (Å²) >= 11 is 1.73. The first kappa shape index (κ1) is 18.1. The van der Waals surface area contributed by atoms with Crippen molar-refractivity contribution in [3.05, 3.63) is 42.6 Å². The molecule has 0 spiro atoms. The van der Waals surface area contributed by atoms with E-state index in [0.717, 1.165) is 35.3 Å². The van der Waals surface area contributed by atoms with Gasteiger partial charge in [-0.05, 0) is 31.1 Å². The number of amides is 2. The lowest BCUT2D eigenvalue weighted by molar-refractivity contribution is -0.143. The molecule has 0 bridgehead atoms. The Morgan fingerprint density at radius 3 is 2.78 bits per heavy atom. The summed E-state index contributed by atoms with van der Waals surface area (Å²) in [5, 5.41) is 5.34. The van der Waals surface area contributed by atoms with E-state index < -0.39 is 0 Å². The van der Waals surface area contributed by atoms with E-state index in [1.165, 1.54) is 6.08 Å². The highest BCUT2D eigenvalue weighted by Gasteiger charge is 2.36. The second-order valence-corrected chi connectivity index (χ2v) is 8.14. The molecule has 142 valence electrons. The molecule has 2 saturated heterocycles. The lowest BCUT2D eigenvalue weighted by atomic mass is 9.91. The number of carbonyl (C=O) groups is 2. The number of likely N-dealkylation sites (tertiary alicyclic amines) is 1. The van der Waals surface area contributed by atoms with Gasteiger partial charge >= 0.3 is 0 Å². The van der Waals surface area contributed by atoms with Crippen LogP contribution in [0, 0.1) is 0 Å². The average molecular weight is 385 g/mol. The summed E-state index contributed by atoms with van der Waals surface area (Å²) in [6, 6.07) is 7.52. The summed E-state index contributed by atoms with van der Waals surface area (Å²) in [4.78, 5) is 28.7. The summed E-state index contributed by atoms with van der Waals surface area (Å²) in [5.74, 6) is 1.72. The zero-order chi connectivity index (χ0) is 18.8. The third-order valence-electron chi connectivity index (χ3n) is 5.47. The molecule has 2 aliphatic heterocycles. The van der Waals surface area contributed by atoms with Gasteiger partial charge in [0.25, 0.3) is 0 Å². The minimum absolute atomic E-state index is 0.0564. The Labute approximate surface area is 162 Å². The lowest BCUT2D eigenvalue weighted by Crippen LogP contribution is -2.55. The van der Waals surface area contributed by atoms with Crippen molar-refractivity contribution in [2.75, 3.05) is 31.1 Å². The van der Waals surface area contributed by atoms with Crippen molar-refractivity contribution in [1.82, 2.24) is 15.0 Å². The molecule has 0 aliphatic carbocycles. The summed E-state index contributed by atoms with van der Waals surface area (Å²) in [6.45, 7) is 5.54. The Morgan fingerprint density at radius 2 is 2.00 bits per heavy atom. The number of benzene rings is 1. The average Bonchev–Trinajstić information content (AvgIpc) is 3.17. The molecule has 0 N–H and O–H groups in total. The Morgan fingerprint density at radius 1 is 1.22 bits per heavy atom. The Bertz CT molecular complexity index is 857. The molecular formula is C20H23N3O3S. The topological polar surface area (TPSA) is 66.7 Å². The van der Waals surface area contributed by atoms with Crippen molar-refractivity contribution in [3.63, 3.8) is 0 Å². The number of para-hydroxylation sites is 1. The fraction of sp³-hybridized carbons (Fsp3) is 0.450. The van der Waals surface area contributed by atoms with Crippen LogP contribution < -0.4 is 0 Å². The molecule has 6 nitrogen and oxygen atoms in total. The smallest absolute Gasteiger partial charge is 0.246 e. The molecule has 1 atom stereocenters. The van der Waals surface area contributed by atoms with Gasteiger partial charge in [-0.1, -0.05) is 23.9 Å². The summed E-state index contributed by atoms with van der Waals surface area (Å²) in [7, 11) is 0. The summed E-state index contributed by atoms with van der Waals surface area (Å²) in [6.07, 6.45) is 3.02. The monoisotopic (exact) mass is 385 g/mol. The summed E-state index contributed by atoms with van der Waals surface area (Å²) < 4.78 is 5.44. The Hall–Kier alpha value is -2.28. The van der Waals surface area contributed by atoms with Crippen molar-refractivity contribution >= 4 is 34.5 Å². The number of aromatic nitrogens is 1. The van der Waals surface area contributed by atoms with Crippen molar-refractivity contribution < 1.29 is 14.1 Å². The molecule has 7 heteroatoms. The molecule has 2 amide bonds. The zero-order valence-corrected chi connectivity index (χ0v) is 16.0. The standard InChI is InChI=1S/C20H23N3O3S/c1-2-18(24)23-11-12-27-13-16(23)20(25)22-9-7-14(8-10-22)19-15-5-3-4-6-17(15)26-21-19/h2-6,14,16H,1,7-13H2. The van der Waals surface area contributed by atoms with E-state index in [0.29, 0.717) is 31.3 Å². The van der Waals surface area contributed by atoms with Crippen LogP contribution in [0.2, 0.25) is 0 Å². The second kappa shape index (κ2) is 7.76. The number of fused-ring (bicyclic) bond motifs is 1. The van der Waals surface area contributed by atoms with Gasteiger partial charge in [0, 0.05) is 42.4 Å². The van der Waals surface area contributed by atoms with Crippen LogP contribution in [0.25, 0.3) is 11.0 Å². The first-order valence-corrected chi connectivity index (χ1v) is 10.5. The Balaban J connectivity index is 1.43. The van der Waals surface area contributed by atoms with Crippen LogP contribution in [-0.2, 0) is 9.59 Å². The largest absolute Gasteiger partial charge is 0.356 e. The molecule has 3 heterocycles. The van der Waals surface area contributed by atoms with E-state index in [1.54, 1.807) is 16.7 Å². The predicted molar refractivity (Wildman–Crippen MR) is 106 cm³/mol. The van der Waals surface area contributed by atoms with Crippen LogP contribution in [-0.4, -0.2) is 64.0 Å². The molecule has 4 rings (SSSR count). The van der Waals surface area contributed by atoms with Gasteiger partial charge in [-0.15, -0.1) is 0 Å². The van der Waals surface area contributed by atoms with Crippen LogP contribution in [0.1, 0.15) is 24.5 Å². The molecule has 1 aromatic carbocycles. The molecule has 0 radical (unpaired) electrons. The highest BCUT2D eigenvalue weighted by molar-refractivity contribution is 7.99. The first-order chi connectivity index (χ1) is 13.2. The number of carbonyl (C=O) groups excluding carboxylic acids is 2. The number of hydrogen-bond donors (Lipinski definition) is 0. The van der Waals surface area contributed by atoms with Crippen LogP contribution in [0.4, 0.5) is 0 Å². The van der Waals surface area contributed by atoms with Gasteiger partial charge in [0.1, 0.15) is 6.04 Å². The maximum atomic E-state index is 13.0. The van der Waals surface area contributed by atoms with Gasteiger partial charge in [0.05, 0.1) is 5.69 Å². The molecule has 2 aromatic rings. The fourth-order valence-electron chi connectivity index (χ4n) is 3.97. The molecule has 1 unspecified atom stereocenters. The van der Waals surface area contributed by atoms with E-state index >= 15 is 0 Å². The number of piperidine rings is 1. The van der Waals surface area contributed by atoms with Crippen molar-refractivity contribution in [2.24, 2.45) is 0 Å². The van der Waals surface area contributed by atoms with Crippen LogP contribution >= 0.6 is 11.8 Å². The van der Waals surface area contributed by atoms with Gasteiger partial charge in [-0.25, -0.2) is 0 Å². The van der Waals surface area contributed by atoms with Crippen LogP contribution in [0.3, 0.4) is 0 Å². The molecule has 1 aromatic heterocycles. The number of thioether (sulfide) groups is 1. The maximum Gasteiger partial charge on any atom is 0.246 e. The molecule has 2 fully saturated rings. The van der Waals surface area contributed by atoms with Gasteiger partial charge < -0.3 is 14.3 Å². The SMILES string of the molecule is C=CC(=O)N1CCSCC1C(=O)N1CCC(c2noc3ccccc23)CC1. The van der Waals surface area contributed by atoms with E-state index in [-0.39, 0.29) is 17.9 Å². The molecule has 0 saturated carbocycles. The minimum Gasteiger partial charge on any atom is -0.356 e. The highest BCUT2D eigenvalue weighted by Crippen LogP contribution is 2.33. The third-order valence-corrected chi connectivity index (χ3v) is 6.49. The molecule has 2 aliphatic rings. The van der Waals surface area contributed by atoms with Crippen LogP contribution in [0.5, 0.6) is 0 Å². The summed E-state index contributed by atoms with van der Waals surface area (Å²) in [5.41, 5.74) is 1.80. The second-order valence-electron chi connectivity index (χ2n) is 6.99. The van der Waals surface area contributed by atoms with Gasteiger partial charge in [-0.2, -0.15) is 11.8 Å². The lowest BCUT2D eigenvalue weighted by Gasteiger charge is -2.39. The number of rotatable bonds is 3. The van der Waals surface area contributed by atoms with Crippen LogP contribution in [0.15, 0.2) is 41.4 Å². The van der Waals surface area contributed by atoms with Gasteiger partial charge in [-0.3, -0.25) is 9.59 Å². The highest BCUT2D eigenvalue weighted by atomic mass is 32.2. The van der Waals surface area contributed by atoms with Gasteiger partial charge in [0.2, 0.25) is 11.8 Å². The van der Waals surface area contributed by atoms with E-state index in [9.17, 15) is 9.59 Å². The number of hydrogen-bond acceptors (Lipinski definition) is 5. The zero-order valence-electron chi connectivity index (χ0n) is 15.2. The number of nitrogens with zero attached hydrogens (tertiary/aromatic N) is 3. The first-order valence-electron chi connectivity index (χ1n) is 9.33. The Kier molecular flexibility index (Phi) is 5.20. The third kappa shape index (κ3) is 3.48. The normalized spacial score (nSPS) is 21.4. The predicted octanol–water partition coefficient (Wildman–Crippen LogP) is 2.66. The van der Waals surface area contributed by atoms with E-state index in [2.05, 4.69) is 11.7 Å². The molecule has 27 heavy (non-hydrogen) atoms. The quantitative estimate of drug-likeness (QED) is 0.760. The van der Waals surface area contributed by atoms with E-state index in [4.69, 9.17) is 4.52 Å². The fourth-order valence-corrected chi connectivity index (χ4v) is 5.01. The van der Waals surface area contributed by atoms with E-state index in [1.807, 2.05) is 29.2 Å². The minimum atomic E-state index is -0.376. The molecular weight excluding hydrogens is 362 g/mol. The van der Waals surface area contributed by atoms with Crippen molar-refractivity contribution in [1.29, 1.82) is 0 Å². The van der Waals surface area contributed by atoms with Gasteiger partial charge in [0.15, 0.2) is 5.58 Å². The van der Waals surface area contributed by atoms with Crippen molar-refractivity contribution in [3.8, 4) is 0 Å². The van der Waals surface area contributed by atoms with Crippen molar-refractivity contribution in [2.45, 2.75) is 24.8 Å². The maximum absolute atomic E-state index is 13.0.